The smallest absolute Gasteiger partial charge is 0.314 e. The standard InChI is InChI=1S/C19H21N3O4S/c1-13-7-8-16(11-14(13)2)21-19(24)18(23)20-15-5-3-6-17(12-15)22-9-4-10-27(22,25)26/h3,5-8,11-12H,4,9-10H2,1-2H3,(H,20,23)(H,21,24). The maximum absolute atomic E-state index is 12.2. The monoisotopic (exact) mass is 387 g/mol. The van der Waals surface area contributed by atoms with E-state index in [1.54, 1.807) is 36.4 Å². The van der Waals surface area contributed by atoms with Crippen molar-refractivity contribution < 1.29 is 18.0 Å². The quantitative estimate of drug-likeness (QED) is 0.791. The molecule has 1 aliphatic heterocycles. The number of anilines is 3. The van der Waals surface area contributed by atoms with Crippen LogP contribution >= 0.6 is 0 Å². The molecule has 0 unspecified atom stereocenters. The van der Waals surface area contributed by atoms with E-state index in [0.717, 1.165) is 11.1 Å². The lowest BCUT2D eigenvalue weighted by molar-refractivity contribution is -0.132. The van der Waals surface area contributed by atoms with Gasteiger partial charge in [0.2, 0.25) is 10.0 Å². The number of nitrogens with zero attached hydrogens (tertiary/aromatic N) is 1. The van der Waals surface area contributed by atoms with Crippen LogP contribution in [0.3, 0.4) is 0 Å². The van der Waals surface area contributed by atoms with Gasteiger partial charge in [-0.25, -0.2) is 8.42 Å². The number of amides is 2. The second-order valence-corrected chi connectivity index (χ2v) is 8.51. The van der Waals surface area contributed by atoms with Crippen LogP contribution < -0.4 is 14.9 Å². The van der Waals surface area contributed by atoms with Crippen LogP contribution in [0.5, 0.6) is 0 Å². The van der Waals surface area contributed by atoms with Crippen LogP contribution in [0.1, 0.15) is 17.5 Å². The number of sulfonamides is 1. The van der Waals surface area contributed by atoms with Crippen molar-refractivity contribution >= 4 is 38.9 Å². The fourth-order valence-corrected chi connectivity index (χ4v) is 4.42. The van der Waals surface area contributed by atoms with Gasteiger partial charge < -0.3 is 10.6 Å². The first-order valence-corrected chi connectivity index (χ1v) is 10.2. The van der Waals surface area contributed by atoms with E-state index in [0.29, 0.717) is 30.0 Å². The highest BCUT2D eigenvalue weighted by Crippen LogP contribution is 2.26. The third kappa shape index (κ3) is 4.28. The second-order valence-electron chi connectivity index (χ2n) is 6.50. The van der Waals surface area contributed by atoms with E-state index in [4.69, 9.17) is 0 Å². The van der Waals surface area contributed by atoms with E-state index >= 15 is 0 Å². The van der Waals surface area contributed by atoms with Crippen molar-refractivity contribution in [2.24, 2.45) is 0 Å². The van der Waals surface area contributed by atoms with E-state index < -0.39 is 21.8 Å². The van der Waals surface area contributed by atoms with Gasteiger partial charge in [0, 0.05) is 17.9 Å². The summed E-state index contributed by atoms with van der Waals surface area (Å²) in [6.45, 7) is 4.29. The fourth-order valence-electron chi connectivity index (χ4n) is 2.86. The van der Waals surface area contributed by atoms with Gasteiger partial charge in [0.25, 0.3) is 0 Å². The highest BCUT2D eigenvalue weighted by atomic mass is 32.2. The minimum Gasteiger partial charge on any atom is -0.318 e. The Balaban J connectivity index is 1.69. The average molecular weight is 387 g/mol. The fraction of sp³-hybridized carbons (Fsp3) is 0.263. The zero-order chi connectivity index (χ0) is 19.6. The van der Waals surface area contributed by atoms with Crippen LogP contribution in [-0.2, 0) is 19.6 Å². The summed E-state index contributed by atoms with van der Waals surface area (Å²) in [7, 11) is -3.31. The molecule has 2 N–H and O–H groups in total. The van der Waals surface area contributed by atoms with Crippen molar-refractivity contribution in [2.75, 3.05) is 27.2 Å². The van der Waals surface area contributed by atoms with Crippen molar-refractivity contribution in [1.82, 2.24) is 0 Å². The van der Waals surface area contributed by atoms with Crippen LogP contribution in [0, 0.1) is 13.8 Å². The molecular weight excluding hydrogens is 366 g/mol. The highest BCUT2D eigenvalue weighted by Gasteiger charge is 2.28. The summed E-state index contributed by atoms with van der Waals surface area (Å²) in [6, 6.07) is 11.8. The lowest BCUT2D eigenvalue weighted by Gasteiger charge is -2.17. The van der Waals surface area contributed by atoms with Gasteiger partial charge >= 0.3 is 11.8 Å². The molecule has 142 valence electrons. The first-order valence-electron chi connectivity index (χ1n) is 8.56. The van der Waals surface area contributed by atoms with Gasteiger partial charge in [0.05, 0.1) is 11.4 Å². The lowest BCUT2D eigenvalue weighted by atomic mass is 10.1. The summed E-state index contributed by atoms with van der Waals surface area (Å²) in [5.74, 6) is -1.51. The number of hydrogen-bond acceptors (Lipinski definition) is 4. The molecule has 2 aromatic rings. The summed E-state index contributed by atoms with van der Waals surface area (Å²) in [5, 5.41) is 5.06. The summed E-state index contributed by atoms with van der Waals surface area (Å²) < 4.78 is 25.4. The van der Waals surface area contributed by atoms with E-state index in [-0.39, 0.29) is 5.75 Å². The Morgan fingerprint density at radius 2 is 1.59 bits per heavy atom. The van der Waals surface area contributed by atoms with E-state index in [1.165, 1.54) is 4.31 Å². The van der Waals surface area contributed by atoms with E-state index in [9.17, 15) is 18.0 Å². The van der Waals surface area contributed by atoms with Crippen LogP contribution in [-0.4, -0.2) is 32.5 Å². The normalized spacial score (nSPS) is 15.4. The number of aryl methyl sites for hydroxylation is 2. The molecule has 1 saturated heterocycles. The Bertz CT molecular complexity index is 1000. The number of carbonyl (C=O) groups excluding carboxylic acids is 2. The molecule has 1 fully saturated rings. The molecule has 1 aliphatic rings. The SMILES string of the molecule is Cc1ccc(NC(=O)C(=O)Nc2cccc(N3CCCS3(=O)=O)c2)cc1C. The Kier molecular flexibility index (Phi) is 5.18. The molecular formula is C19H21N3O4S. The Morgan fingerprint density at radius 1 is 0.926 bits per heavy atom. The van der Waals surface area contributed by atoms with Gasteiger partial charge in [-0.1, -0.05) is 12.1 Å². The molecule has 0 radical (unpaired) electrons. The largest absolute Gasteiger partial charge is 0.318 e. The maximum atomic E-state index is 12.2. The van der Waals surface area contributed by atoms with Crippen molar-refractivity contribution in [3.05, 3.63) is 53.6 Å². The van der Waals surface area contributed by atoms with Crippen LogP contribution in [0.4, 0.5) is 17.1 Å². The third-order valence-electron chi connectivity index (χ3n) is 4.46. The maximum Gasteiger partial charge on any atom is 0.314 e. The third-order valence-corrected chi connectivity index (χ3v) is 6.33. The molecule has 2 amide bonds. The molecule has 27 heavy (non-hydrogen) atoms. The van der Waals surface area contributed by atoms with Crippen molar-refractivity contribution in [2.45, 2.75) is 20.3 Å². The molecule has 2 aromatic carbocycles. The molecule has 0 aromatic heterocycles. The van der Waals surface area contributed by atoms with Gasteiger partial charge in [-0.2, -0.15) is 0 Å². The van der Waals surface area contributed by atoms with Gasteiger partial charge in [-0.15, -0.1) is 0 Å². The minimum atomic E-state index is -3.31. The van der Waals surface area contributed by atoms with Crippen molar-refractivity contribution in [1.29, 1.82) is 0 Å². The topological polar surface area (TPSA) is 95.6 Å². The van der Waals surface area contributed by atoms with Crippen molar-refractivity contribution in [3.63, 3.8) is 0 Å². The highest BCUT2D eigenvalue weighted by molar-refractivity contribution is 7.93. The molecule has 3 rings (SSSR count). The average Bonchev–Trinajstić information content (AvgIpc) is 2.97. The van der Waals surface area contributed by atoms with Crippen LogP contribution in [0.15, 0.2) is 42.5 Å². The van der Waals surface area contributed by atoms with E-state index in [1.807, 2.05) is 19.9 Å². The first kappa shape index (κ1) is 18.9. The Labute approximate surface area is 158 Å². The molecule has 0 aliphatic carbocycles. The number of hydrogen-bond donors (Lipinski definition) is 2. The second kappa shape index (κ2) is 7.40. The minimum absolute atomic E-state index is 0.113. The lowest BCUT2D eigenvalue weighted by Crippen LogP contribution is -2.29. The van der Waals surface area contributed by atoms with Crippen LogP contribution in [0.25, 0.3) is 0 Å². The van der Waals surface area contributed by atoms with Crippen LogP contribution in [0.2, 0.25) is 0 Å². The number of benzene rings is 2. The van der Waals surface area contributed by atoms with Gasteiger partial charge in [-0.05, 0) is 61.7 Å². The zero-order valence-corrected chi connectivity index (χ0v) is 16.0. The molecule has 7 nitrogen and oxygen atoms in total. The number of rotatable bonds is 3. The molecule has 0 bridgehead atoms. The summed E-state index contributed by atoms with van der Waals surface area (Å²) >= 11 is 0. The summed E-state index contributed by atoms with van der Waals surface area (Å²) in [6.07, 6.45) is 0.567. The molecule has 8 heteroatoms. The number of nitrogens with one attached hydrogen (secondary N) is 2. The molecule has 0 atom stereocenters. The van der Waals surface area contributed by atoms with E-state index in [2.05, 4.69) is 10.6 Å². The predicted molar refractivity (Wildman–Crippen MR) is 105 cm³/mol. The zero-order valence-electron chi connectivity index (χ0n) is 15.2. The summed E-state index contributed by atoms with van der Waals surface area (Å²) in [5.41, 5.74) is 3.46. The summed E-state index contributed by atoms with van der Waals surface area (Å²) in [4.78, 5) is 24.3. The van der Waals surface area contributed by atoms with Crippen molar-refractivity contribution in [3.8, 4) is 0 Å². The molecule has 0 spiro atoms. The van der Waals surface area contributed by atoms with Gasteiger partial charge in [0.1, 0.15) is 0 Å². The number of carbonyl (C=O) groups is 2. The Morgan fingerprint density at radius 3 is 2.19 bits per heavy atom. The van der Waals surface area contributed by atoms with Gasteiger partial charge in [-0.3, -0.25) is 13.9 Å². The van der Waals surface area contributed by atoms with Gasteiger partial charge in [0.15, 0.2) is 0 Å². The Hall–Kier alpha value is -2.87. The molecule has 1 heterocycles. The molecule has 0 saturated carbocycles. The first-order chi connectivity index (χ1) is 12.8. The predicted octanol–water partition coefficient (Wildman–Crippen LogP) is 2.42.